The first-order valence-corrected chi connectivity index (χ1v) is 24.5. The van der Waals surface area contributed by atoms with Crippen LogP contribution in [0.4, 0.5) is 0 Å². The van der Waals surface area contributed by atoms with Crippen LogP contribution in [0.2, 0.25) is 0 Å². The normalized spacial score (nSPS) is 11.9. The monoisotopic (exact) mass is 901 g/mol. The second-order valence-corrected chi connectivity index (χ2v) is 18.9. The predicted molar refractivity (Wildman–Crippen MR) is 301 cm³/mol. The summed E-state index contributed by atoms with van der Waals surface area (Å²) in [6.45, 7) is 0. The fourth-order valence-electron chi connectivity index (χ4n) is 11.8. The Labute approximate surface area is 409 Å². The molecule has 0 spiro atoms. The average molecular weight is 902 g/mol. The van der Waals surface area contributed by atoms with Crippen molar-refractivity contribution >= 4 is 87.0 Å². The smallest absolute Gasteiger partial charge is 0.0561 e. The SMILES string of the molecule is c1ccc(-n2c3ccc(-c4ccc5c6cc(-c7cccc8ccccc78)ccc6n(-c6ccc7c8ccccc8n(-c8ccccc8)c7c6)c5c4)cc3c3cc(-c4cccc5ccccc45)ccc32)cc1. The molecular weight excluding hydrogens is 859 g/mol. The lowest BCUT2D eigenvalue weighted by Gasteiger charge is -2.12. The highest BCUT2D eigenvalue weighted by molar-refractivity contribution is 6.16. The highest BCUT2D eigenvalue weighted by Gasteiger charge is 2.20. The summed E-state index contributed by atoms with van der Waals surface area (Å²) in [6.07, 6.45) is 0. The van der Waals surface area contributed by atoms with Crippen LogP contribution in [0.5, 0.6) is 0 Å². The van der Waals surface area contributed by atoms with E-state index in [1.165, 1.54) is 120 Å². The second kappa shape index (κ2) is 15.5. The maximum Gasteiger partial charge on any atom is 0.0561 e. The van der Waals surface area contributed by atoms with E-state index >= 15 is 0 Å². The summed E-state index contributed by atoms with van der Waals surface area (Å²) < 4.78 is 7.32. The first kappa shape index (κ1) is 39.5. The molecule has 0 aliphatic carbocycles. The Balaban J connectivity index is 0.970. The Morgan fingerprint density at radius 2 is 0.563 bits per heavy atom. The van der Waals surface area contributed by atoms with Gasteiger partial charge in [-0.15, -0.1) is 0 Å². The van der Waals surface area contributed by atoms with Gasteiger partial charge in [0.15, 0.2) is 0 Å². The molecule has 0 aliphatic rings. The van der Waals surface area contributed by atoms with E-state index in [-0.39, 0.29) is 0 Å². The summed E-state index contributed by atoms with van der Waals surface area (Å²) >= 11 is 0. The molecule has 3 heterocycles. The molecule has 3 heteroatoms. The van der Waals surface area contributed by atoms with Gasteiger partial charge in [0.2, 0.25) is 0 Å². The van der Waals surface area contributed by atoms with Gasteiger partial charge in [-0.2, -0.15) is 0 Å². The third-order valence-electron chi connectivity index (χ3n) is 15.0. The topological polar surface area (TPSA) is 14.8 Å². The molecule has 0 N–H and O–H groups in total. The van der Waals surface area contributed by atoms with Gasteiger partial charge in [-0.3, -0.25) is 0 Å². The van der Waals surface area contributed by atoms with Gasteiger partial charge in [0, 0.05) is 49.4 Å². The molecule has 12 aromatic carbocycles. The number of rotatable bonds is 6. The van der Waals surface area contributed by atoms with Crippen molar-refractivity contribution in [2.24, 2.45) is 0 Å². The molecule has 0 radical (unpaired) electrons. The lowest BCUT2D eigenvalue weighted by atomic mass is 9.96. The summed E-state index contributed by atoms with van der Waals surface area (Å²) in [6, 6.07) is 96.2. The minimum atomic E-state index is 1.12. The average Bonchev–Trinajstić information content (AvgIpc) is 4.07. The Bertz CT molecular complexity index is 4620. The van der Waals surface area contributed by atoms with E-state index in [1.54, 1.807) is 0 Å². The van der Waals surface area contributed by atoms with Crippen molar-refractivity contribution in [3.05, 3.63) is 261 Å². The zero-order valence-corrected chi connectivity index (χ0v) is 38.7. The van der Waals surface area contributed by atoms with Gasteiger partial charge in [0.1, 0.15) is 0 Å². The van der Waals surface area contributed by atoms with E-state index in [1.807, 2.05) is 0 Å². The van der Waals surface area contributed by atoms with E-state index in [0.717, 1.165) is 17.1 Å². The molecule has 0 saturated carbocycles. The third-order valence-corrected chi connectivity index (χ3v) is 15.0. The summed E-state index contributed by atoms with van der Waals surface area (Å²) in [5, 5.41) is 12.4. The van der Waals surface area contributed by atoms with E-state index in [2.05, 4.69) is 275 Å². The molecule has 0 bridgehead atoms. The zero-order chi connectivity index (χ0) is 46.6. The largest absolute Gasteiger partial charge is 0.309 e. The Kier molecular flexibility index (Phi) is 8.66. The second-order valence-electron chi connectivity index (χ2n) is 18.9. The molecule has 0 aliphatic heterocycles. The van der Waals surface area contributed by atoms with Gasteiger partial charge < -0.3 is 13.7 Å². The molecule has 71 heavy (non-hydrogen) atoms. The summed E-state index contributed by atoms with van der Waals surface area (Å²) in [5.41, 5.74) is 17.7. The van der Waals surface area contributed by atoms with Crippen molar-refractivity contribution in [1.82, 2.24) is 13.7 Å². The van der Waals surface area contributed by atoms with Gasteiger partial charge in [0.25, 0.3) is 0 Å². The minimum absolute atomic E-state index is 1.12. The van der Waals surface area contributed by atoms with Gasteiger partial charge >= 0.3 is 0 Å². The first-order chi connectivity index (χ1) is 35.2. The molecule has 0 unspecified atom stereocenters. The lowest BCUT2D eigenvalue weighted by Crippen LogP contribution is -1.97. The lowest BCUT2D eigenvalue weighted by molar-refractivity contribution is 1.15. The van der Waals surface area contributed by atoms with Crippen LogP contribution in [-0.4, -0.2) is 13.7 Å². The number of hydrogen-bond acceptors (Lipinski definition) is 0. The number of hydrogen-bond donors (Lipinski definition) is 0. The highest BCUT2D eigenvalue weighted by atomic mass is 15.0. The molecular formula is C68H43N3. The number of fused-ring (bicyclic) bond motifs is 11. The molecule has 0 amide bonds. The summed E-state index contributed by atoms with van der Waals surface area (Å²) in [4.78, 5) is 0. The van der Waals surface area contributed by atoms with Crippen LogP contribution in [0.1, 0.15) is 0 Å². The van der Waals surface area contributed by atoms with Crippen LogP contribution in [0.25, 0.3) is 137 Å². The maximum atomic E-state index is 2.49. The molecule has 0 saturated heterocycles. The van der Waals surface area contributed by atoms with Crippen LogP contribution in [0.15, 0.2) is 261 Å². The van der Waals surface area contributed by atoms with Crippen molar-refractivity contribution in [3.63, 3.8) is 0 Å². The van der Waals surface area contributed by atoms with Gasteiger partial charge in [-0.25, -0.2) is 0 Å². The fraction of sp³-hybridized carbons (Fsp3) is 0. The maximum absolute atomic E-state index is 2.49. The van der Waals surface area contributed by atoms with Crippen molar-refractivity contribution in [3.8, 4) is 50.4 Å². The Morgan fingerprint density at radius 1 is 0.183 bits per heavy atom. The summed E-state index contributed by atoms with van der Waals surface area (Å²) in [5.74, 6) is 0. The minimum Gasteiger partial charge on any atom is -0.309 e. The molecule has 15 aromatic rings. The first-order valence-electron chi connectivity index (χ1n) is 24.5. The quantitative estimate of drug-likeness (QED) is 0.158. The van der Waals surface area contributed by atoms with Crippen molar-refractivity contribution in [2.45, 2.75) is 0 Å². The zero-order valence-electron chi connectivity index (χ0n) is 38.7. The van der Waals surface area contributed by atoms with Gasteiger partial charge in [-0.05, 0) is 140 Å². The van der Waals surface area contributed by atoms with E-state index in [9.17, 15) is 0 Å². The van der Waals surface area contributed by atoms with Crippen molar-refractivity contribution in [1.29, 1.82) is 0 Å². The van der Waals surface area contributed by atoms with Gasteiger partial charge in [-0.1, -0.05) is 176 Å². The van der Waals surface area contributed by atoms with Crippen LogP contribution in [-0.2, 0) is 0 Å². The number of aromatic nitrogens is 3. The molecule has 0 fully saturated rings. The number of nitrogens with zero attached hydrogens (tertiary/aromatic N) is 3. The van der Waals surface area contributed by atoms with E-state index < -0.39 is 0 Å². The molecule has 0 atom stereocenters. The third kappa shape index (κ3) is 6.10. The highest BCUT2D eigenvalue weighted by Crippen LogP contribution is 2.43. The summed E-state index contributed by atoms with van der Waals surface area (Å²) in [7, 11) is 0. The van der Waals surface area contributed by atoms with Crippen LogP contribution in [0.3, 0.4) is 0 Å². The van der Waals surface area contributed by atoms with Crippen molar-refractivity contribution < 1.29 is 0 Å². The fourth-order valence-corrected chi connectivity index (χ4v) is 11.8. The van der Waals surface area contributed by atoms with Crippen LogP contribution in [0, 0.1) is 0 Å². The van der Waals surface area contributed by atoms with E-state index in [4.69, 9.17) is 0 Å². The predicted octanol–water partition coefficient (Wildman–Crippen LogP) is 18.3. The van der Waals surface area contributed by atoms with Crippen molar-refractivity contribution in [2.75, 3.05) is 0 Å². The number of para-hydroxylation sites is 3. The van der Waals surface area contributed by atoms with Gasteiger partial charge in [0.05, 0.1) is 33.1 Å². The molecule has 330 valence electrons. The Hall–Kier alpha value is -9.44. The Morgan fingerprint density at radius 3 is 1.18 bits per heavy atom. The molecule has 3 aromatic heterocycles. The standard InChI is InChI=1S/C68H43N3/c1-3-19-50(20-4-1)69-65-36-30-46(39-61(65)62-41-49(32-38-66(62)69)56-27-14-18-45-16-8-10-24-54(45)56)47-29-34-59-60-40-48(55-26-13-17-44-15-7-9-23-53(44)55)31-37-64(60)71(67(59)42-47)52-33-35-58-57-25-11-12-28-63(57)70(68(58)43-52)51-21-5-2-6-22-51/h1-43H. The number of benzene rings is 12. The molecule has 15 rings (SSSR count). The van der Waals surface area contributed by atoms with Crippen LogP contribution >= 0.6 is 0 Å². The van der Waals surface area contributed by atoms with E-state index in [0.29, 0.717) is 0 Å². The van der Waals surface area contributed by atoms with Crippen LogP contribution < -0.4 is 0 Å². The molecule has 3 nitrogen and oxygen atoms in total.